The van der Waals surface area contributed by atoms with E-state index in [0.717, 1.165) is 23.9 Å². The van der Waals surface area contributed by atoms with Gasteiger partial charge in [-0.25, -0.2) is 8.42 Å². The van der Waals surface area contributed by atoms with Gasteiger partial charge in [0.15, 0.2) is 17.1 Å². The van der Waals surface area contributed by atoms with Crippen molar-refractivity contribution in [3.63, 3.8) is 0 Å². The number of halogens is 9. The molecule has 6 aliphatic rings. The molecule has 4 atom stereocenters. The first-order valence-corrected chi connectivity index (χ1v) is 36.6. The molecule has 0 bridgehead atoms. The number of rotatable bonds is 13. The van der Waals surface area contributed by atoms with Gasteiger partial charge >= 0.3 is 18.5 Å². The second-order valence-corrected chi connectivity index (χ2v) is 33.4. The monoisotopic (exact) mass is 1430 g/mol. The summed E-state index contributed by atoms with van der Waals surface area (Å²) in [5.74, 6) is -4.21. The Morgan fingerprint density at radius 1 is 0.495 bits per heavy atom. The molecule has 3 N–H and O–H groups in total. The topological polar surface area (TPSA) is 208 Å². The van der Waals surface area contributed by atoms with E-state index < -0.39 is 102 Å². The van der Waals surface area contributed by atoms with Gasteiger partial charge in [0.1, 0.15) is 0 Å². The van der Waals surface area contributed by atoms with Crippen LogP contribution in [0.5, 0.6) is 0 Å². The third-order valence-corrected chi connectivity index (χ3v) is 24.8. The van der Waals surface area contributed by atoms with Crippen molar-refractivity contribution >= 4 is 33.7 Å². The first-order chi connectivity index (χ1) is 47.5. The van der Waals surface area contributed by atoms with Gasteiger partial charge in [0.2, 0.25) is 15.9 Å². The van der Waals surface area contributed by atoms with Crippen LogP contribution in [0.25, 0.3) is 0 Å². The van der Waals surface area contributed by atoms with Crippen molar-refractivity contribution in [3.05, 3.63) is 157 Å². The highest BCUT2D eigenvalue weighted by atomic mass is 32.2. The van der Waals surface area contributed by atoms with Gasteiger partial charge in [0.05, 0.1) is 21.4 Å². The molecule has 6 aromatic rings. The summed E-state index contributed by atoms with van der Waals surface area (Å²) < 4.78 is 160. The Labute approximate surface area is 582 Å². The number of H-pyrrole nitrogens is 3. The van der Waals surface area contributed by atoms with Crippen molar-refractivity contribution in [2.45, 2.75) is 204 Å². The average molecular weight is 1430 g/mol. The summed E-state index contributed by atoms with van der Waals surface area (Å²) in [6.45, 7) is 13.8. The molecule has 0 radical (unpaired) electrons. The van der Waals surface area contributed by atoms with Crippen molar-refractivity contribution in [2.75, 3.05) is 52.4 Å². The van der Waals surface area contributed by atoms with Crippen molar-refractivity contribution < 1.29 is 67.1 Å². The van der Waals surface area contributed by atoms with Crippen molar-refractivity contribution in [2.24, 2.45) is 11.3 Å². The van der Waals surface area contributed by atoms with E-state index in [0.29, 0.717) is 86.0 Å². The molecule has 3 saturated heterocycles. The quantitative estimate of drug-likeness (QED) is 0.0932. The Balaban J connectivity index is 0.792. The Morgan fingerprint density at radius 3 is 1.50 bits per heavy atom. The molecule has 4 unspecified atom stereocenters. The second kappa shape index (κ2) is 27.9. The maximum absolute atomic E-state index is 15.7. The van der Waals surface area contributed by atoms with Crippen LogP contribution in [0.15, 0.2) is 72.8 Å². The summed E-state index contributed by atoms with van der Waals surface area (Å²) >= 11 is 0. The van der Waals surface area contributed by atoms with Crippen LogP contribution in [-0.4, -0.2) is 160 Å². The van der Waals surface area contributed by atoms with Gasteiger partial charge in [0, 0.05) is 116 Å². The van der Waals surface area contributed by atoms with Gasteiger partial charge < -0.3 is 19.6 Å². The molecule has 18 nitrogen and oxygen atoms in total. The summed E-state index contributed by atoms with van der Waals surface area (Å²) in [7, 11) is -3.83. The first kappa shape index (κ1) is 73.2. The third-order valence-electron chi connectivity index (χ3n) is 22.2. The summed E-state index contributed by atoms with van der Waals surface area (Å²) in [6, 6.07) is 15.7. The van der Waals surface area contributed by atoms with Gasteiger partial charge in [-0.05, 0) is 183 Å². The molecule has 3 fully saturated rings. The fourth-order valence-corrected chi connectivity index (χ4v) is 18.3. The predicted molar refractivity (Wildman–Crippen MR) is 358 cm³/mol. The Kier molecular flexibility index (Phi) is 20.2. The van der Waals surface area contributed by atoms with Crippen LogP contribution < -0.4 is 0 Å². The van der Waals surface area contributed by atoms with Crippen molar-refractivity contribution in [1.29, 1.82) is 0 Å². The number of amides is 4. The number of alkyl halides is 9. The molecular weight excluding hydrogens is 1340 g/mol. The molecule has 101 heavy (non-hydrogen) atoms. The van der Waals surface area contributed by atoms with Crippen LogP contribution in [-0.2, 0) is 72.2 Å². The minimum Gasteiger partial charge on any atom is -0.338 e. The van der Waals surface area contributed by atoms with Gasteiger partial charge in [0.25, 0.3) is 17.7 Å². The molecule has 28 heteroatoms. The number of hydrogen-bond donors (Lipinski definition) is 3. The Hall–Kier alpha value is -7.59. The lowest BCUT2D eigenvalue weighted by Crippen LogP contribution is -2.53. The molecule has 546 valence electrons. The Morgan fingerprint density at radius 2 is 0.950 bits per heavy atom. The molecule has 12 rings (SSSR count). The van der Waals surface area contributed by atoms with E-state index in [1.165, 1.54) is 40.7 Å². The van der Waals surface area contributed by atoms with Gasteiger partial charge in [-0.3, -0.25) is 39.4 Å². The van der Waals surface area contributed by atoms with E-state index in [4.69, 9.17) is 0 Å². The number of benzene rings is 3. The van der Waals surface area contributed by atoms with Crippen LogP contribution >= 0.6 is 0 Å². The summed E-state index contributed by atoms with van der Waals surface area (Å²) in [5.41, 5.74) is -0.116. The molecule has 3 aromatic carbocycles. The van der Waals surface area contributed by atoms with E-state index in [1.54, 1.807) is 72.4 Å². The summed E-state index contributed by atoms with van der Waals surface area (Å²) in [4.78, 5) is 69.2. The largest absolute Gasteiger partial charge is 0.416 e. The smallest absolute Gasteiger partial charge is 0.338 e. The van der Waals surface area contributed by atoms with E-state index >= 15 is 9.59 Å². The molecule has 6 aliphatic heterocycles. The van der Waals surface area contributed by atoms with Crippen LogP contribution in [0.2, 0.25) is 0 Å². The van der Waals surface area contributed by atoms with E-state index in [-0.39, 0.29) is 143 Å². The van der Waals surface area contributed by atoms with Gasteiger partial charge in [-0.2, -0.15) is 59.1 Å². The minimum atomic E-state index is -4.72. The predicted octanol–water partition coefficient (Wildman–Crippen LogP) is 13.5. The Bertz CT molecular complexity index is 4180. The van der Waals surface area contributed by atoms with E-state index in [2.05, 4.69) is 35.5 Å². The van der Waals surface area contributed by atoms with E-state index in [1.807, 2.05) is 13.8 Å². The molecule has 4 amide bonds. The SMILES string of the molecule is CC(C)(CC1CN(C(=O)c2n[nH]c3c2CN(S(=O)(=O)C(C)(C)C)CCC3)CCC1c1ccccc1C(F)(F)F)C(=O)N1CCCc2[nH]nc(C(=O)N3CCC(c4ccccc4C(F)(F)F)CC3CC(C)(C)N3CCCc4[nH]nc(C(=O)N5CCC(c6ccccc6C(F)(F)F)CC5)c4C3)c2C1. The van der Waals surface area contributed by atoms with Crippen LogP contribution in [0.3, 0.4) is 0 Å². The molecule has 0 aliphatic carbocycles. The number of carbonyl (C=O) groups is 4. The number of fused-ring (bicyclic) bond motifs is 3. The zero-order valence-corrected chi connectivity index (χ0v) is 58.9. The highest BCUT2D eigenvalue weighted by Gasteiger charge is 2.48. The van der Waals surface area contributed by atoms with Crippen LogP contribution in [0.1, 0.15) is 229 Å². The first-order valence-electron chi connectivity index (χ1n) is 35.1. The number of nitrogens with one attached hydrogen (secondary N) is 3. The highest BCUT2D eigenvalue weighted by Crippen LogP contribution is 2.48. The summed E-state index contributed by atoms with van der Waals surface area (Å²) in [5, 5.41) is 22.7. The molecule has 3 aromatic heterocycles. The molecule has 0 saturated carbocycles. The average Bonchev–Trinajstić information content (AvgIpc) is 1.76. The maximum atomic E-state index is 15.7. The number of piperidine rings is 3. The van der Waals surface area contributed by atoms with Gasteiger partial charge in [-0.15, -0.1) is 0 Å². The highest BCUT2D eigenvalue weighted by molar-refractivity contribution is 7.90. The fourth-order valence-electron chi connectivity index (χ4n) is 16.9. The maximum Gasteiger partial charge on any atom is 0.416 e. The fraction of sp³-hybridized carbons (Fsp3) is 0.575. The second-order valence-electron chi connectivity index (χ2n) is 30.7. The molecule has 0 spiro atoms. The normalized spacial score (nSPS) is 21.5. The lowest BCUT2D eigenvalue weighted by atomic mass is 9.70. The number of hydrogen-bond acceptors (Lipinski definition) is 10. The van der Waals surface area contributed by atoms with Crippen molar-refractivity contribution in [1.82, 2.24) is 59.4 Å². The zero-order chi connectivity index (χ0) is 72.5. The number of sulfonamides is 1. The number of carbonyl (C=O) groups excluding carboxylic acids is 4. The zero-order valence-electron chi connectivity index (χ0n) is 58.1. The van der Waals surface area contributed by atoms with E-state index in [9.17, 15) is 57.5 Å². The standard InChI is InChI=1S/C73H89F9N12O6S/c1-68(2,3)101(99,100)93-32-16-25-60-54(43-93)62(87-85-60)65(96)90-35-29-48(51-19-10-13-22-57(51)73(80,81)82)46(40-90)38-69(4,5)67(98)91-30-14-23-58-52(41-91)63(88-83-58)66(97)94-36-28-45(50-18-9-12-21-56(50)72(77,78)79)37-47(94)39-70(6,7)92-31-15-24-59-53(42-92)61(86-84-59)64(95)89-33-26-44(27-34-89)49-17-8-11-20-55(49)71(74,75)76/h8-13,17-22,44-48H,14-16,23-43H2,1-7H3,(H,83,88)(H,84,86)(H,85,87). The molecular formula is C73H89F9N12O6S. The third kappa shape index (κ3) is 14.9. The number of aromatic nitrogens is 6. The molecule has 9 heterocycles. The van der Waals surface area contributed by atoms with Crippen molar-refractivity contribution in [3.8, 4) is 0 Å². The van der Waals surface area contributed by atoms with Gasteiger partial charge in [-0.1, -0.05) is 68.4 Å². The number of aromatic amines is 3. The number of aryl methyl sites for hydroxylation is 3. The number of likely N-dealkylation sites (tertiary alicyclic amines) is 3. The summed E-state index contributed by atoms with van der Waals surface area (Å²) in [6.07, 6.45) is -9.62. The minimum absolute atomic E-state index is 0.0232. The lowest BCUT2D eigenvalue weighted by Gasteiger charge is -2.46. The van der Waals surface area contributed by atoms with Crippen LogP contribution in [0.4, 0.5) is 39.5 Å². The van der Waals surface area contributed by atoms with Crippen LogP contribution in [0, 0.1) is 11.3 Å². The lowest BCUT2D eigenvalue weighted by molar-refractivity contribution is -0.143. The number of nitrogens with zero attached hydrogens (tertiary/aromatic N) is 9.